The summed E-state index contributed by atoms with van der Waals surface area (Å²) in [6.07, 6.45) is 2.95. The Labute approximate surface area is 198 Å². The normalized spacial score (nSPS) is 11.2. The molecule has 0 spiro atoms. The molecule has 0 fully saturated rings. The summed E-state index contributed by atoms with van der Waals surface area (Å²) in [4.78, 5) is 25.5. The lowest BCUT2D eigenvalue weighted by molar-refractivity contribution is -0.111. The molecule has 1 heterocycles. The second-order valence-electron chi connectivity index (χ2n) is 8.00. The van der Waals surface area contributed by atoms with E-state index in [9.17, 15) is 9.59 Å². The molecule has 0 bridgehead atoms. The van der Waals surface area contributed by atoms with Crippen molar-refractivity contribution in [1.82, 2.24) is 9.36 Å². The van der Waals surface area contributed by atoms with Gasteiger partial charge in [0.2, 0.25) is 5.91 Å². The lowest BCUT2D eigenvalue weighted by Crippen LogP contribution is -2.22. The molecular formula is C25H28ClN3O4. The fourth-order valence-corrected chi connectivity index (χ4v) is 3.55. The fraction of sp³-hybridized carbons (Fsp3) is 0.280. The summed E-state index contributed by atoms with van der Waals surface area (Å²) in [6.45, 7) is 6.36. The van der Waals surface area contributed by atoms with Gasteiger partial charge in [0.15, 0.2) is 11.5 Å². The van der Waals surface area contributed by atoms with Crippen LogP contribution in [0.25, 0.3) is 11.8 Å². The Bertz CT molecular complexity index is 1230. The number of rotatable bonds is 8. The van der Waals surface area contributed by atoms with Crippen LogP contribution in [0, 0.1) is 12.8 Å². The van der Waals surface area contributed by atoms with Gasteiger partial charge in [-0.25, -0.2) is 4.68 Å². The highest BCUT2D eigenvalue weighted by Gasteiger charge is 2.17. The molecule has 3 rings (SSSR count). The summed E-state index contributed by atoms with van der Waals surface area (Å²) < 4.78 is 14.4. The molecule has 8 heteroatoms. The first kappa shape index (κ1) is 24.2. The van der Waals surface area contributed by atoms with Crippen LogP contribution in [-0.4, -0.2) is 29.0 Å². The van der Waals surface area contributed by atoms with E-state index in [4.69, 9.17) is 21.1 Å². The summed E-state index contributed by atoms with van der Waals surface area (Å²) in [5.41, 5.74) is 1.94. The number of aromatic nitrogens is 2. The zero-order valence-electron chi connectivity index (χ0n) is 19.4. The SMILES string of the molecule is COc1cc(/C=C/C(=O)Nc2c(C)n(C)n(-c3ccccc3)c2=O)cc(Cl)c1OCC(C)C. The molecule has 0 aliphatic carbocycles. The molecule has 0 aliphatic rings. The van der Waals surface area contributed by atoms with E-state index in [0.29, 0.717) is 46.0 Å². The Morgan fingerprint density at radius 1 is 1.21 bits per heavy atom. The lowest BCUT2D eigenvalue weighted by Gasteiger charge is -2.14. The predicted molar refractivity (Wildman–Crippen MR) is 132 cm³/mol. The van der Waals surface area contributed by atoms with Gasteiger partial charge in [-0.1, -0.05) is 43.6 Å². The quantitative estimate of drug-likeness (QED) is 0.479. The zero-order valence-corrected chi connectivity index (χ0v) is 20.1. The minimum absolute atomic E-state index is 0.226. The Morgan fingerprint density at radius 3 is 2.55 bits per heavy atom. The molecule has 0 saturated heterocycles. The molecule has 1 N–H and O–H groups in total. The van der Waals surface area contributed by atoms with Gasteiger partial charge in [0, 0.05) is 13.1 Å². The number of hydrogen-bond acceptors (Lipinski definition) is 4. The summed E-state index contributed by atoms with van der Waals surface area (Å²) in [7, 11) is 3.30. The number of nitrogens with one attached hydrogen (secondary N) is 1. The van der Waals surface area contributed by atoms with E-state index in [1.54, 1.807) is 36.9 Å². The van der Waals surface area contributed by atoms with Crippen LogP contribution in [0.15, 0.2) is 53.3 Å². The average Bonchev–Trinajstić information content (AvgIpc) is 3.00. The second kappa shape index (κ2) is 10.4. The van der Waals surface area contributed by atoms with Gasteiger partial charge in [0.25, 0.3) is 5.56 Å². The van der Waals surface area contributed by atoms with Crippen LogP contribution >= 0.6 is 11.6 Å². The fourth-order valence-electron chi connectivity index (χ4n) is 3.28. The first-order valence-corrected chi connectivity index (χ1v) is 10.9. The topological polar surface area (TPSA) is 74.5 Å². The van der Waals surface area contributed by atoms with Crippen molar-refractivity contribution in [2.45, 2.75) is 20.8 Å². The van der Waals surface area contributed by atoms with Crippen molar-refractivity contribution in [1.29, 1.82) is 0 Å². The highest BCUT2D eigenvalue weighted by atomic mass is 35.5. The highest BCUT2D eigenvalue weighted by Crippen LogP contribution is 2.37. The number of benzene rings is 2. The van der Waals surface area contributed by atoms with Crippen molar-refractivity contribution in [3.63, 3.8) is 0 Å². The van der Waals surface area contributed by atoms with Crippen molar-refractivity contribution in [3.8, 4) is 17.2 Å². The maximum atomic E-state index is 13.0. The first-order valence-electron chi connectivity index (χ1n) is 10.6. The van der Waals surface area contributed by atoms with Gasteiger partial charge in [-0.15, -0.1) is 0 Å². The number of para-hydroxylation sites is 1. The molecule has 1 aromatic heterocycles. The van der Waals surface area contributed by atoms with E-state index in [1.165, 1.54) is 17.9 Å². The third-order valence-electron chi connectivity index (χ3n) is 5.04. The maximum absolute atomic E-state index is 13.0. The Kier molecular flexibility index (Phi) is 7.66. The molecule has 7 nitrogen and oxygen atoms in total. The number of anilines is 1. The van der Waals surface area contributed by atoms with E-state index in [2.05, 4.69) is 5.32 Å². The first-order chi connectivity index (χ1) is 15.7. The minimum Gasteiger partial charge on any atom is -0.493 e. The van der Waals surface area contributed by atoms with Gasteiger partial charge < -0.3 is 14.8 Å². The third kappa shape index (κ3) is 5.49. The summed E-state index contributed by atoms with van der Waals surface area (Å²) >= 11 is 6.38. The lowest BCUT2D eigenvalue weighted by atomic mass is 10.1. The van der Waals surface area contributed by atoms with Gasteiger partial charge in [0.05, 0.1) is 30.1 Å². The maximum Gasteiger partial charge on any atom is 0.295 e. The van der Waals surface area contributed by atoms with Crippen molar-refractivity contribution < 1.29 is 14.3 Å². The molecule has 0 saturated carbocycles. The van der Waals surface area contributed by atoms with Crippen LogP contribution in [0.2, 0.25) is 5.02 Å². The Hall–Kier alpha value is -3.45. The van der Waals surface area contributed by atoms with Crippen molar-refractivity contribution >= 4 is 29.3 Å². The summed E-state index contributed by atoms with van der Waals surface area (Å²) in [6, 6.07) is 12.7. The van der Waals surface area contributed by atoms with Crippen molar-refractivity contribution in [3.05, 3.63) is 75.2 Å². The number of carbonyl (C=O) groups excluding carboxylic acids is 1. The van der Waals surface area contributed by atoms with Crippen molar-refractivity contribution in [2.75, 3.05) is 19.0 Å². The Balaban J connectivity index is 1.81. The van der Waals surface area contributed by atoms with Gasteiger partial charge in [0.1, 0.15) is 5.69 Å². The van der Waals surface area contributed by atoms with Crippen LogP contribution in [0.3, 0.4) is 0 Å². The molecule has 0 unspecified atom stereocenters. The predicted octanol–water partition coefficient (Wildman–Crippen LogP) is 4.83. The van der Waals surface area contributed by atoms with E-state index in [0.717, 1.165) is 0 Å². The Morgan fingerprint density at radius 2 is 1.91 bits per heavy atom. The number of nitrogens with zero attached hydrogens (tertiary/aromatic N) is 2. The van der Waals surface area contributed by atoms with Crippen LogP contribution in [-0.2, 0) is 11.8 Å². The van der Waals surface area contributed by atoms with Crippen molar-refractivity contribution in [2.24, 2.45) is 13.0 Å². The second-order valence-corrected chi connectivity index (χ2v) is 8.41. The van der Waals surface area contributed by atoms with E-state index in [-0.39, 0.29) is 11.2 Å². The number of carbonyl (C=O) groups is 1. The largest absolute Gasteiger partial charge is 0.493 e. The molecule has 0 atom stereocenters. The van der Waals surface area contributed by atoms with Gasteiger partial charge in [-0.2, -0.15) is 0 Å². The minimum atomic E-state index is -0.434. The molecule has 0 radical (unpaired) electrons. The molecule has 1 amide bonds. The van der Waals surface area contributed by atoms with Gasteiger partial charge >= 0.3 is 0 Å². The third-order valence-corrected chi connectivity index (χ3v) is 5.32. The molecule has 3 aromatic rings. The van der Waals surface area contributed by atoms with Crippen LogP contribution in [0.1, 0.15) is 25.1 Å². The summed E-state index contributed by atoms with van der Waals surface area (Å²) in [5, 5.41) is 3.09. The van der Waals surface area contributed by atoms with E-state index < -0.39 is 5.91 Å². The van der Waals surface area contributed by atoms with Gasteiger partial charge in [-0.3, -0.25) is 14.3 Å². The smallest absolute Gasteiger partial charge is 0.295 e. The van der Waals surface area contributed by atoms with Crippen LogP contribution in [0.5, 0.6) is 11.5 Å². The van der Waals surface area contributed by atoms with E-state index >= 15 is 0 Å². The molecule has 33 heavy (non-hydrogen) atoms. The average molecular weight is 470 g/mol. The highest BCUT2D eigenvalue weighted by molar-refractivity contribution is 6.32. The number of halogens is 1. The monoisotopic (exact) mass is 469 g/mol. The zero-order chi connectivity index (χ0) is 24.1. The van der Waals surface area contributed by atoms with Crippen LogP contribution < -0.4 is 20.3 Å². The van der Waals surface area contributed by atoms with E-state index in [1.807, 2.05) is 44.2 Å². The standard InChI is InChI=1S/C25H28ClN3O4/c1-16(2)15-33-24-20(26)13-18(14-21(24)32-5)11-12-22(30)27-23-17(3)28(4)29(25(23)31)19-9-7-6-8-10-19/h6-14,16H,15H2,1-5H3,(H,27,30)/b12-11+. The molecule has 174 valence electrons. The molecule has 2 aromatic carbocycles. The molecular weight excluding hydrogens is 442 g/mol. The summed E-state index contributed by atoms with van der Waals surface area (Å²) in [5.74, 6) is 0.849. The number of ether oxygens (including phenoxy) is 2. The number of methoxy groups -OCH3 is 1. The number of amides is 1. The van der Waals surface area contributed by atoms with Crippen LogP contribution in [0.4, 0.5) is 5.69 Å². The van der Waals surface area contributed by atoms with Gasteiger partial charge in [-0.05, 0) is 48.7 Å². The molecule has 0 aliphatic heterocycles. The number of hydrogen-bond donors (Lipinski definition) is 1.